The second-order valence-electron chi connectivity index (χ2n) is 5.45. The van der Waals surface area contributed by atoms with Gasteiger partial charge in [0.2, 0.25) is 5.91 Å². The molecule has 0 unspecified atom stereocenters. The van der Waals surface area contributed by atoms with E-state index in [1.165, 1.54) is 0 Å². The van der Waals surface area contributed by atoms with Crippen LogP contribution in [0.2, 0.25) is 0 Å². The molecule has 2 aromatic rings. The maximum absolute atomic E-state index is 12.4. The highest BCUT2D eigenvalue weighted by molar-refractivity contribution is 5.79. The Morgan fingerprint density at radius 1 is 1.38 bits per heavy atom. The number of hydrogen-bond acceptors (Lipinski definition) is 3. The minimum absolute atomic E-state index is 0.177. The van der Waals surface area contributed by atoms with Gasteiger partial charge in [-0.05, 0) is 24.6 Å². The molecule has 0 saturated carbocycles. The Labute approximate surface area is 124 Å². The average Bonchev–Trinajstić information content (AvgIpc) is 2.97. The zero-order chi connectivity index (χ0) is 14.7. The number of para-hydroxylation sites is 1. The van der Waals surface area contributed by atoms with Gasteiger partial charge in [0.15, 0.2) is 0 Å². The zero-order valence-electron chi connectivity index (χ0n) is 12.2. The van der Waals surface area contributed by atoms with Crippen molar-refractivity contribution in [1.82, 2.24) is 20.0 Å². The van der Waals surface area contributed by atoms with Gasteiger partial charge in [0, 0.05) is 31.9 Å². The number of hydrogen-bond donors (Lipinski definition) is 1. The lowest BCUT2D eigenvalue weighted by Gasteiger charge is -2.34. The summed E-state index contributed by atoms with van der Waals surface area (Å²) in [6.45, 7) is 4.61. The second-order valence-corrected chi connectivity index (χ2v) is 5.45. The van der Waals surface area contributed by atoms with Crippen LogP contribution in [0.5, 0.6) is 0 Å². The Morgan fingerprint density at radius 3 is 2.95 bits per heavy atom. The van der Waals surface area contributed by atoms with E-state index in [0.717, 1.165) is 30.9 Å². The molecular formula is C16H20N4O. The molecule has 21 heavy (non-hydrogen) atoms. The molecule has 1 atom stereocenters. The van der Waals surface area contributed by atoms with E-state index in [-0.39, 0.29) is 11.9 Å². The summed E-state index contributed by atoms with van der Waals surface area (Å²) in [5.41, 5.74) is 1.96. The van der Waals surface area contributed by atoms with Crippen LogP contribution in [-0.4, -0.2) is 46.3 Å². The first kappa shape index (κ1) is 13.8. The molecule has 0 spiro atoms. The summed E-state index contributed by atoms with van der Waals surface area (Å²) < 4.78 is 1.81. The molecule has 110 valence electrons. The molecular weight excluding hydrogens is 264 g/mol. The first-order chi connectivity index (χ1) is 10.2. The topological polar surface area (TPSA) is 50.2 Å². The summed E-state index contributed by atoms with van der Waals surface area (Å²) in [4.78, 5) is 14.3. The summed E-state index contributed by atoms with van der Waals surface area (Å²) in [5.74, 6) is 0.177. The summed E-state index contributed by atoms with van der Waals surface area (Å²) >= 11 is 0. The number of rotatable bonds is 3. The molecule has 1 amide bonds. The lowest BCUT2D eigenvalue weighted by atomic mass is 10.1. The molecule has 1 aliphatic heterocycles. The molecule has 5 nitrogen and oxygen atoms in total. The fraction of sp³-hybridized carbons (Fsp3) is 0.375. The first-order valence-corrected chi connectivity index (χ1v) is 7.33. The van der Waals surface area contributed by atoms with Crippen molar-refractivity contribution in [2.45, 2.75) is 19.4 Å². The third kappa shape index (κ3) is 3.13. The minimum atomic E-state index is 0.177. The summed E-state index contributed by atoms with van der Waals surface area (Å²) in [6, 6.07) is 10.2. The highest BCUT2D eigenvalue weighted by Gasteiger charge is 2.23. The second kappa shape index (κ2) is 6.10. The van der Waals surface area contributed by atoms with Gasteiger partial charge in [0.25, 0.3) is 0 Å². The van der Waals surface area contributed by atoms with E-state index in [0.29, 0.717) is 6.42 Å². The predicted octanol–water partition coefficient (Wildman–Crippen LogP) is 1.24. The number of aromatic nitrogens is 2. The Morgan fingerprint density at radius 2 is 2.19 bits per heavy atom. The van der Waals surface area contributed by atoms with Gasteiger partial charge in [-0.25, -0.2) is 4.68 Å². The number of carbonyl (C=O) groups is 1. The van der Waals surface area contributed by atoms with E-state index >= 15 is 0 Å². The fourth-order valence-corrected chi connectivity index (χ4v) is 2.66. The van der Waals surface area contributed by atoms with Crippen LogP contribution in [-0.2, 0) is 11.2 Å². The molecule has 1 N–H and O–H groups in total. The Hall–Kier alpha value is -2.14. The highest BCUT2D eigenvalue weighted by Crippen LogP contribution is 2.11. The van der Waals surface area contributed by atoms with Crippen molar-refractivity contribution in [1.29, 1.82) is 0 Å². The van der Waals surface area contributed by atoms with E-state index in [1.54, 1.807) is 6.20 Å². The van der Waals surface area contributed by atoms with E-state index in [1.807, 2.05) is 46.1 Å². The van der Waals surface area contributed by atoms with Crippen molar-refractivity contribution >= 4 is 5.91 Å². The molecule has 2 heterocycles. The predicted molar refractivity (Wildman–Crippen MR) is 81.3 cm³/mol. The van der Waals surface area contributed by atoms with Crippen LogP contribution >= 0.6 is 0 Å². The van der Waals surface area contributed by atoms with Crippen LogP contribution in [0.15, 0.2) is 42.7 Å². The smallest absolute Gasteiger partial charge is 0.227 e. The van der Waals surface area contributed by atoms with Crippen molar-refractivity contribution in [2.24, 2.45) is 0 Å². The maximum Gasteiger partial charge on any atom is 0.227 e. The molecule has 0 radical (unpaired) electrons. The van der Waals surface area contributed by atoms with Crippen molar-refractivity contribution in [3.63, 3.8) is 0 Å². The van der Waals surface area contributed by atoms with Crippen LogP contribution < -0.4 is 5.32 Å². The van der Waals surface area contributed by atoms with Crippen LogP contribution in [0.3, 0.4) is 0 Å². The molecule has 5 heteroatoms. The maximum atomic E-state index is 12.4. The Kier molecular flexibility index (Phi) is 4.01. The normalized spacial score (nSPS) is 18.7. The fourth-order valence-electron chi connectivity index (χ4n) is 2.66. The molecule has 1 fully saturated rings. The van der Waals surface area contributed by atoms with E-state index < -0.39 is 0 Å². The first-order valence-electron chi connectivity index (χ1n) is 7.33. The lowest BCUT2D eigenvalue weighted by Crippen LogP contribution is -2.52. The van der Waals surface area contributed by atoms with Crippen LogP contribution in [0, 0.1) is 0 Å². The molecule has 0 bridgehead atoms. The van der Waals surface area contributed by atoms with Crippen molar-refractivity contribution in [2.75, 3.05) is 19.6 Å². The van der Waals surface area contributed by atoms with Gasteiger partial charge in [-0.2, -0.15) is 5.10 Å². The molecule has 3 rings (SSSR count). The van der Waals surface area contributed by atoms with Crippen LogP contribution in [0.4, 0.5) is 0 Å². The quantitative estimate of drug-likeness (QED) is 0.922. The van der Waals surface area contributed by atoms with Gasteiger partial charge in [0.05, 0.1) is 18.3 Å². The number of nitrogens with zero attached hydrogens (tertiary/aromatic N) is 3. The van der Waals surface area contributed by atoms with Gasteiger partial charge in [-0.15, -0.1) is 0 Å². The number of benzene rings is 1. The Bertz CT molecular complexity index is 608. The largest absolute Gasteiger partial charge is 0.337 e. The van der Waals surface area contributed by atoms with Crippen LogP contribution in [0.1, 0.15) is 12.5 Å². The molecule has 1 aromatic heterocycles. The van der Waals surface area contributed by atoms with Gasteiger partial charge in [0.1, 0.15) is 0 Å². The molecule has 0 aliphatic carbocycles. The minimum Gasteiger partial charge on any atom is -0.337 e. The monoisotopic (exact) mass is 284 g/mol. The van der Waals surface area contributed by atoms with Crippen LogP contribution in [0.25, 0.3) is 5.69 Å². The highest BCUT2D eigenvalue weighted by atomic mass is 16.2. The number of amides is 1. The molecule has 1 aromatic carbocycles. The van der Waals surface area contributed by atoms with Crippen molar-refractivity contribution < 1.29 is 4.79 Å². The van der Waals surface area contributed by atoms with Gasteiger partial charge in [-0.3, -0.25) is 4.79 Å². The van der Waals surface area contributed by atoms with E-state index in [2.05, 4.69) is 17.3 Å². The lowest BCUT2D eigenvalue weighted by molar-refractivity contribution is -0.133. The third-order valence-electron chi connectivity index (χ3n) is 3.83. The summed E-state index contributed by atoms with van der Waals surface area (Å²) in [6.07, 6.45) is 4.12. The number of piperazine rings is 1. The molecule has 1 aliphatic rings. The van der Waals surface area contributed by atoms with Crippen molar-refractivity contribution in [3.8, 4) is 5.69 Å². The number of nitrogens with one attached hydrogen (secondary N) is 1. The average molecular weight is 284 g/mol. The van der Waals surface area contributed by atoms with E-state index in [9.17, 15) is 4.79 Å². The molecule has 1 saturated heterocycles. The standard InChI is InChI=1S/C16H20N4O/c1-13-10-17-7-8-19(13)16(21)9-14-11-18-20(12-14)15-5-3-2-4-6-15/h2-6,11-13,17H,7-10H2,1H3/t13-/m0/s1. The summed E-state index contributed by atoms with van der Waals surface area (Å²) in [7, 11) is 0. The summed E-state index contributed by atoms with van der Waals surface area (Å²) in [5, 5.41) is 7.64. The SMILES string of the molecule is C[C@H]1CNCCN1C(=O)Cc1cnn(-c2ccccc2)c1. The third-order valence-corrected chi connectivity index (χ3v) is 3.83. The number of carbonyl (C=O) groups excluding carboxylic acids is 1. The van der Waals surface area contributed by atoms with Gasteiger partial charge < -0.3 is 10.2 Å². The van der Waals surface area contributed by atoms with Crippen molar-refractivity contribution in [3.05, 3.63) is 48.3 Å². The van der Waals surface area contributed by atoms with Gasteiger partial charge >= 0.3 is 0 Å². The van der Waals surface area contributed by atoms with E-state index in [4.69, 9.17) is 0 Å². The van der Waals surface area contributed by atoms with Gasteiger partial charge in [-0.1, -0.05) is 18.2 Å². The zero-order valence-corrected chi connectivity index (χ0v) is 12.2. The Balaban J connectivity index is 1.68.